The van der Waals surface area contributed by atoms with Gasteiger partial charge >= 0.3 is 0 Å². The van der Waals surface area contributed by atoms with Crippen LogP contribution in [0.3, 0.4) is 0 Å². The summed E-state index contributed by atoms with van der Waals surface area (Å²) in [5, 5.41) is 12.1. The van der Waals surface area contributed by atoms with Gasteiger partial charge in [-0.25, -0.2) is 4.68 Å². The molecule has 0 saturated carbocycles. The van der Waals surface area contributed by atoms with Crippen molar-refractivity contribution < 1.29 is 4.79 Å². The minimum atomic E-state index is -0.540. The largest absolute Gasteiger partial charge is 0.364 e. The molecule has 0 radical (unpaired) electrons. The molecular weight excluding hydrogens is 268 g/mol. The number of primary amides is 1. The van der Waals surface area contributed by atoms with Crippen molar-refractivity contribution in [3.05, 3.63) is 29.2 Å². The molecule has 7 nitrogen and oxygen atoms in total. The van der Waals surface area contributed by atoms with Crippen LogP contribution < -0.4 is 11.1 Å². The van der Waals surface area contributed by atoms with Crippen molar-refractivity contribution in [1.29, 1.82) is 0 Å². The molecule has 0 aliphatic heterocycles. The second-order valence-corrected chi connectivity index (χ2v) is 6.12. The summed E-state index contributed by atoms with van der Waals surface area (Å²) in [7, 11) is 1.86. The van der Waals surface area contributed by atoms with Crippen LogP contribution in [0, 0.1) is 6.92 Å². The maximum absolute atomic E-state index is 11.2. The van der Waals surface area contributed by atoms with E-state index in [1.165, 1.54) is 0 Å². The average molecular weight is 290 g/mol. The number of hydrogen-bond acceptors (Lipinski definition) is 4. The lowest BCUT2D eigenvalue weighted by Gasteiger charge is -2.20. The number of carbonyl (C=O) groups excluding carboxylic acids is 1. The number of nitrogens with zero attached hydrogens (tertiary/aromatic N) is 4. The summed E-state index contributed by atoms with van der Waals surface area (Å²) in [5.41, 5.74) is 7.47. The monoisotopic (exact) mass is 290 g/mol. The molecule has 2 aromatic rings. The molecule has 0 saturated heterocycles. The van der Waals surface area contributed by atoms with Gasteiger partial charge in [0.1, 0.15) is 5.69 Å². The van der Waals surface area contributed by atoms with E-state index in [1.807, 2.05) is 14.0 Å². The first-order valence-electron chi connectivity index (χ1n) is 6.82. The molecular formula is C14H22N6O. The van der Waals surface area contributed by atoms with Crippen LogP contribution in [-0.2, 0) is 13.6 Å². The van der Waals surface area contributed by atoms with Gasteiger partial charge in [0, 0.05) is 30.9 Å². The zero-order valence-corrected chi connectivity index (χ0v) is 13.1. The maximum atomic E-state index is 11.2. The van der Waals surface area contributed by atoms with Gasteiger partial charge < -0.3 is 11.1 Å². The predicted octanol–water partition coefficient (Wildman–Crippen LogP) is 0.901. The Bertz CT molecular complexity index is 662. The lowest BCUT2D eigenvalue weighted by atomic mass is 10.1. The second-order valence-electron chi connectivity index (χ2n) is 6.12. The Morgan fingerprint density at radius 2 is 2.05 bits per heavy atom. The molecule has 0 aromatic carbocycles. The van der Waals surface area contributed by atoms with E-state index >= 15 is 0 Å². The van der Waals surface area contributed by atoms with Crippen LogP contribution in [0.1, 0.15) is 42.5 Å². The molecule has 0 aliphatic rings. The highest BCUT2D eigenvalue weighted by Gasteiger charge is 2.19. The number of nitrogens with two attached hydrogens (primary N) is 1. The van der Waals surface area contributed by atoms with E-state index in [-0.39, 0.29) is 11.2 Å². The van der Waals surface area contributed by atoms with Crippen LogP contribution in [0.5, 0.6) is 0 Å². The Morgan fingerprint density at radius 1 is 1.38 bits per heavy atom. The third kappa shape index (κ3) is 3.30. The zero-order chi connectivity index (χ0) is 15.8. The fourth-order valence-electron chi connectivity index (χ4n) is 2.11. The Kier molecular flexibility index (Phi) is 3.87. The molecule has 0 bridgehead atoms. The van der Waals surface area contributed by atoms with Gasteiger partial charge in [-0.3, -0.25) is 9.48 Å². The van der Waals surface area contributed by atoms with Crippen molar-refractivity contribution in [2.45, 2.75) is 39.8 Å². The third-order valence-corrected chi connectivity index (χ3v) is 3.17. The molecule has 114 valence electrons. The highest BCUT2D eigenvalue weighted by Crippen LogP contribution is 2.18. The Hall–Kier alpha value is -2.15. The van der Waals surface area contributed by atoms with Crippen LogP contribution in [0.2, 0.25) is 0 Å². The van der Waals surface area contributed by atoms with Gasteiger partial charge in [-0.2, -0.15) is 10.2 Å². The summed E-state index contributed by atoms with van der Waals surface area (Å²) in [6, 6.07) is 1.60. The smallest absolute Gasteiger partial charge is 0.269 e. The molecule has 21 heavy (non-hydrogen) atoms. The third-order valence-electron chi connectivity index (χ3n) is 3.17. The van der Waals surface area contributed by atoms with Gasteiger partial charge in [-0.15, -0.1) is 0 Å². The molecule has 0 spiro atoms. The van der Waals surface area contributed by atoms with Crippen molar-refractivity contribution in [3.8, 4) is 5.82 Å². The van der Waals surface area contributed by atoms with E-state index in [2.05, 4.69) is 36.3 Å². The highest BCUT2D eigenvalue weighted by atomic mass is 16.1. The van der Waals surface area contributed by atoms with Crippen molar-refractivity contribution in [1.82, 2.24) is 24.9 Å². The summed E-state index contributed by atoms with van der Waals surface area (Å²) in [6.45, 7) is 8.96. The topological polar surface area (TPSA) is 90.8 Å². The van der Waals surface area contributed by atoms with Gasteiger partial charge in [-0.1, -0.05) is 0 Å². The molecule has 2 rings (SSSR count). The summed E-state index contributed by atoms with van der Waals surface area (Å²) >= 11 is 0. The summed E-state index contributed by atoms with van der Waals surface area (Å²) < 4.78 is 3.40. The van der Waals surface area contributed by atoms with E-state index in [0.29, 0.717) is 6.54 Å². The number of rotatable bonds is 4. The van der Waals surface area contributed by atoms with Crippen LogP contribution in [-0.4, -0.2) is 31.0 Å². The Labute approximate surface area is 124 Å². The molecule has 1 amide bonds. The molecule has 2 heterocycles. The summed E-state index contributed by atoms with van der Waals surface area (Å²) in [6.07, 6.45) is 1.72. The number of aryl methyl sites for hydroxylation is 2. The predicted molar refractivity (Wildman–Crippen MR) is 80.2 cm³/mol. The van der Waals surface area contributed by atoms with E-state index in [1.54, 1.807) is 21.6 Å². The fraction of sp³-hybridized carbons (Fsp3) is 0.500. The highest BCUT2D eigenvalue weighted by molar-refractivity contribution is 5.90. The van der Waals surface area contributed by atoms with Crippen LogP contribution in [0.4, 0.5) is 0 Å². The van der Waals surface area contributed by atoms with E-state index in [4.69, 9.17) is 5.73 Å². The van der Waals surface area contributed by atoms with Gasteiger partial charge in [0.2, 0.25) is 0 Å². The molecule has 0 aliphatic carbocycles. The maximum Gasteiger partial charge on any atom is 0.269 e. The van der Waals surface area contributed by atoms with E-state index in [0.717, 1.165) is 17.1 Å². The second kappa shape index (κ2) is 5.33. The minimum absolute atomic E-state index is 0.00204. The van der Waals surface area contributed by atoms with Crippen molar-refractivity contribution >= 4 is 5.91 Å². The van der Waals surface area contributed by atoms with Crippen molar-refractivity contribution in [2.24, 2.45) is 12.8 Å². The van der Waals surface area contributed by atoms with Crippen LogP contribution in [0.15, 0.2) is 12.3 Å². The molecule has 3 N–H and O–H groups in total. The van der Waals surface area contributed by atoms with E-state index < -0.39 is 5.91 Å². The molecule has 2 aromatic heterocycles. The number of hydrogen-bond donors (Lipinski definition) is 2. The Morgan fingerprint density at radius 3 is 2.57 bits per heavy atom. The number of nitrogens with one attached hydrogen (secondary N) is 1. The van der Waals surface area contributed by atoms with Crippen molar-refractivity contribution in [2.75, 3.05) is 0 Å². The minimum Gasteiger partial charge on any atom is -0.364 e. The summed E-state index contributed by atoms with van der Waals surface area (Å²) in [5.74, 6) is 0.291. The SMILES string of the molecule is Cc1nn(C)c(-n2ccc(C(N)=O)n2)c1CNC(C)(C)C. The lowest BCUT2D eigenvalue weighted by molar-refractivity contribution is 0.0995. The van der Waals surface area contributed by atoms with Gasteiger partial charge in [0.15, 0.2) is 5.82 Å². The van der Waals surface area contributed by atoms with Gasteiger partial charge in [0.05, 0.1) is 5.69 Å². The average Bonchev–Trinajstić information content (AvgIpc) is 2.90. The van der Waals surface area contributed by atoms with Gasteiger partial charge in [0.25, 0.3) is 5.91 Å². The number of carbonyl (C=O) groups is 1. The van der Waals surface area contributed by atoms with Crippen LogP contribution >= 0.6 is 0 Å². The quantitative estimate of drug-likeness (QED) is 0.875. The Balaban J connectivity index is 2.40. The molecule has 0 unspecified atom stereocenters. The molecule has 7 heteroatoms. The first-order valence-corrected chi connectivity index (χ1v) is 6.82. The van der Waals surface area contributed by atoms with Gasteiger partial charge in [-0.05, 0) is 33.8 Å². The van der Waals surface area contributed by atoms with Crippen LogP contribution in [0.25, 0.3) is 5.82 Å². The lowest BCUT2D eigenvalue weighted by Crippen LogP contribution is -2.35. The summed E-state index contributed by atoms with van der Waals surface area (Å²) in [4.78, 5) is 11.2. The standard InChI is InChI=1S/C14H22N6O/c1-9-10(8-16-14(2,3)4)13(19(5)17-9)20-7-6-11(18-20)12(15)21/h6-7,16H,8H2,1-5H3,(H2,15,21). The van der Waals surface area contributed by atoms with E-state index in [9.17, 15) is 4.79 Å². The first kappa shape index (κ1) is 15.2. The fourth-order valence-corrected chi connectivity index (χ4v) is 2.11. The zero-order valence-electron chi connectivity index (χ0n) is 13.1. The molecule has 0 fully saturated rings. The normalized spacial score (nSPS) is 11.9. The number of amides is 1. The van der Waals surface area contributed by atoms with Crippen molar-refractivity contribution in [3.63, 3.8) is 0 Å². The first-order chi connectivity index (χ1) is 9.69. The number of aromatic nitrogens is 4. The molecule has 0 atom stereocenters.